The molecule has 4 fully saturated rings. The fraction of sp³-hybridized carbons (Fsp3) is 0.429. The highest BCUT2D eigenvalue weighted by molar-refractivity contribution is 5.90. The van der Waals surface area contributed by atoms with Gasteiger partial charge in [0.2, 0.25) is 5.91 Å². The summed E-state index contributed by atoms with van der Waals surface area (Å²) < 4.78 is 22.2. The highest BCUT2D eigenvalue weighted by atomic mass is 35.5. The summed E-state index contributed by atoms with van der Waals surface area (Å²) in [7, 11) is 0. The minimum Gasteiger partial charge on any atom is -0.442 e. The minimum atomic E-state index is -0.765. The number of aliphatic hydroxyl groups excluding tert-OH is 1. The Morgan fingerprint density at radius 3 is 2.67 bits per heavy atom. The number of nitriles is 1. The number of hydrogen-bond acceptors (Lipinski definition) is 9. The Morgan fingerprint density at radius 1 is 1.24 bits per heavy atom. The number of cyclic esters (lactones) is 1. The molecule has 7 rings (SSSR count). The van der Waals surface area contributed by atoms with Crippen molar-refractivity contribution in [2.75, 3.05) is 31.1 Å². The number of ether oxygens (including phenoxy) is 1. The van der Waals surface area contributed by atoms with Crippen LogP contribution in [0.3, 0.4) is 0 Å². The number of nitrogens with zero attached hydrogens (tertiary/aromatic N) is 7. The van der Waals surface area contributed by atoms with E-state index in [2.05, 4.69) is 26.7 Å². The first kappa shape index (κ1) is 28.0. The lowest BCUT2D eigenvalue weighted by atomic mass is 9.95. The molecule has 0 radical (unpaired) electrons. The first-order valence-corrected chi connectivity index (χ1v) is 13.6. The lowest BCUT2D eigenvalue weighted by molar-refractivity contribution is -0.132. The van der Waals surface area contributed by atoms with E-state index in [0.717, 1.165) is 0 Å². The maximum absolute atomic E-state index is 15.3. The van der Waals surface area contributed by atoms with Gasteiger partial charge < -0.3 is 20.1 Å². The summed E-state index contributed by atoms with van der Waals surface area (Å²) >= 11 is 0. The number of amides is 2. The molecular weight excluding hydrogens is 567 g/mol. The number of piperidine rings is 1. The summed E-state index contributed by atoms with van der Waals surface area (Å²) in [6.07, 6.45) is 3.68. The molecule has 218 valence electrons. The highest BCUT2D eigenvalue weighted by Gasteiger charge is 2.71. The van der Waals surface area contributed by atoms with Gasteiger partial charge in [-0.1, -0.05) is 11.3 Å². The third-order valence-corrected chi connectivity index (χ3v) is 8.78. The molecule has 2 N–H and O–H groups in total. The van der Waals surface area contributed by atoms with Crippen molar-refractivity contribution in [2.24, 2.45) is 11.8 Å². The smallest absolute Gasteiger partial charge is 0.414 e. The molecule has 5 heterocycles. The molecule has 12 nitrogen and oxygen atoms in total. The van der Waals surface area contributed by atoms with Gasteiger partial charge in [-0.05, 0) is 30.7 Å². The summed E-state index contributed by atoms with van der Waals surface area (Å²) in [5, 5.41) is 30.5. The van der Waals surface area contributed by atoms with E-state index < -0.39 is 29.5 Å². The Bertz CT molecular complexity index is 1540. The van der Waals surface area contributed by atoms with Crippen molar-refractivity contribution in [3.63, 3.8) is 0 Å². The Morgan fingerprint density at radius 2 is 2.05 bits per heavy atom. The van der Waals surface area contributed by atoms with Crippen LogP contribution in [0.4, 0.5) is 14.9 Å². The van der Waals surface area contributed by atoms with Crippen molar-refractivity contribution in [3.05, 3.63) is 60.4 Å². The number of aromatic nitrogens is 4. The van der Waals surface area contributed by atoms with E-state index in [1.165, 1.54) is 11.0 Å². The molecule has 14 heteroatoms. The second-order valence-electron chi connectivity index (χ2n) is 11.1. The average Bonchev–Trinajstić information content (AvgIpc) is 3.62. The van der Waals surface area contributed by atoms with Crippen molar-refractivity contribution in [1.29, 1.82) is 5.26 Å². The first-order valence-electron chi connectivity index (χ1n) is 13.6. The van der Waals surface area contributed by atoms with E-state index in [0.29, 0.717) is 55.1 Å². The monoisotopic (exact) mass is 594 g/mol. The van der Waals surface area contributed by atoms with Crippen LogP contribution < -0.4 is 10.2 Å². The van der Waals surface area contributed by atoms with Gasteiger partial charge in [0.1, 0.15) is 17.3 Å². The van der Waals surface area contributed by atoms with E-state index in [9.17, 15) is 20.0 Å². The largest absolute Gasteiger partial charge is 0.442 e. The number of fused-ring (bicyclic) bond motifs is 1. The van der Waals surface area contributed by atoms with Crippen molar-refractivity contribution < 1.29 is 23.8 Å². The quantitative estimate of drug-likeness (QED) is 0.433. The second-order valence-corrected chi connectivity index (χ2v) is 11.1. The van der Waals surface area contributed by atoms with Crippen LogP contribution >= 0.6 is 12.4 Å². The van der Waals surface area contributed by atoms with Crippen LogP contribution in [0, 0.1) is 29.0 Å². The Balaban J connectivity index is 0.00000316. The fourth-order valence-electron chi connectivity index (χ4n) is 6.61. The maximum atomic E-state index is 15.3. The molecule has 3 aromatic rings. The third-order valence-electron chi connectivity index (χ3n) is 8.78. The van der Waals surface area contributed by atoms with Crippen LogP contribution in [-0.2, 0) is 21.5 Å². The van der Waals surface area contributed by atoms with Gasteiger partial charge >= 0.3 is 6.09 Å². The zero-order valence-electron chi connectivity index (χ0n) is 22.3. The topological polar surface area (TPSA) is 149 Å². The summed E-state index contributed by atoms with van der Waals surface area (Å²) in [6, 6.07) is 10.1. The summed E-state index contributed by atoms with van der Waals surface area (Å²) in [6.45, 7) is 1.97. The number of hydrogen-bond donors (Lipinski definition) is 2. The molecule has 2 aromatic heterocycles. The summed E-state index contributed by atoms with van der Waals surface area (Å²) in [5.74, 6) is -0.560. The molecule has 0 bridgehead atoms. The van der Waals surface area contributed by atoms with E-state index in [4.69, 9.17) is 4.74 Å². The van der Waals surface area contributed by atoms with Gasteiger partial charge in [-0.15, -0.1) is 17.5 Å². The predicted molar refractivity (Wildman–Crippen MR) is 148 cm³/mol. The summed E-state index contributed by atoms with van der Waals surface area (Å²) in [4.78, 5) is 33.0. The lowest BCUT2D eigenvalue weighted by Crippen LogP contribution is -2.44. The first-order chi connectivity index (χ1) is 19.9. The number of β-amino-alcohol motifs (C(OH)–C–C–N with tert-alkyl or cyclic N) is 1. The third kappa shape index (κ3) is 4.56. The van der Waals surface area contributed by atoms with Gasteiger partial charge in [-0.3, -0.25) is 14.7 Å². The van der Waals surface area contributed by atoms with E-state index in [1.54, 1.807) is 52.4 Å². The molecule has 4 aliphatic rings. The van der Waals surface area contributed by atoms with Gasteiger partial charge in [0.05, 0.1) is 48.9 Å². The second kappa shape index (κ2) is 10.6. The van der Waals surface area contributed by atoms with Gasteiger partial charge in [-0.2, -0.15) is 5.26 Å². The molecule has 3 aliphatic heterocycles. The molecular formula is C28H28ClFN8O4. The van der Waals surface area contributed by atoms with Crippen LogP contribution in [0.15, 0.2) is 48.9 Å². The number of benzene rings is 1. The fourth-order valence-corrected chi connectivity index (χ4v) is 6.61. The number of rotatable bonds is 6. The van der Waals surface area contributed by atoms with E-state index >= 15 is 4.39 Å². The summed E-state index contributed by atoms with van der Waals surface area (Å²) in [5.41, 5.74) is 1.12. The molecule has 5 atom stereocenters. The number of halogens is 2. The van der Waals surface area contributed by atoms with Gasteiger partial charge in [0.15, 0.2) is 0 Å². The van der Waals surface area contributed by atoms with Crippen molar-refractivity contribution >= 4 is 30.1 Å². The van der Waals surface area contributed by atoms with Crippen LogP contribution in [-0.4, -0.2) is 86.4 Å². The van der Waals surface area contributed by atoms with Crippen molar-refractivity contribution in [3.8, 4) is 17.2 Å². The normalized spacial score (nSPS) is 29.5. The SMILES string of the molecule is Cl.N#CC1(c2ccc(-c3ccc(N4C[C@H](Cn5ccnn5)OC4=O)cc3F)cn2)C2CN(C(=O)[C@@H]3C[C@@H](O)CN3)CC21. The number of nitrogens with one attached hydrogen (secondary N) is 1. The number of pyridine rings is 1. The molecule has 1 aliphatic carbocycles. The van der Waals surface area contributed by atoms with Crippen molar-refractivity contribution in [2.45, 2.75) is 36.6 Å². The van der Waals surface area contributed by atoms with Gasteiger partial charge in [0.25, 0.3) is 0 Å². The number of anilines is 1. The molecule has 0 spiro atoms. The predicted octanol–water partition coefficient (Wildman–Crippen LogP) is 1.50. The Hall–Kier alpha value is -4.12. The van der Waals surface area contributed by atoms with Crippen LogP contribution in [0.25, 0.3) is 11.1 Å². The molecule has 1 saturated carbocycles. The zero-order valence-corrected chi connectivity index (χ0v) is 23.2. The van der Waals surface area contributed by atoms with Crippen LogP contribution in [0.5, 0.6) is 0 Å². The maximum Gasteiger partial charge on any atom is 0.414 e. The van der Waals surface area contributed by atoms with Gasteiger partial charge in [-0.25, -0.2) is 13.9 Å². The van der Waals surface area contributed by atoms with Gasteiger partial charge in [0, 0.05) is 55.0 Å². The van der Waals surface area contributed by atoms with Crippen LogP contribution in [0.2, 0.25) is 0 Å². The van der Waals surface area contributed by atoms with E-state index in [-0.39, 0.29) is 42.7 Å². The molecule has 42 heavy (non-hydrogen) atoms. The lowest BCUT2D eigenvalue weighted by Gasteiger charge is -2.25. The van der Waals surface area contributed by atoms with Crippen molar-refractivity contribution in [1.82, 2.24) is 30.2 Å². The van der Waals surface area contributed by atoms with E-state index in [1.807, 2.05) is 0 Å². The Labute approximate surface area is 246 Å². The Kier molecular flexibility index (Phi) is 7.08. The minimum absolute atomic E-state index is 0. The number of carbonyl (C=O) groups excluding carboxylic acids is 2. The number of likely N-dealkylation sites (tertiary alicyclic amines) is 1. The van der Waals surface area contributed by atoms with Crippen LogP contribution in [0.1, 0.15) is 12.1 Å². The molecule has 2 unspecified atom stereocenters. The average molecular weight is 595 g/mol. The number of carbonyl (C=O) groups is 2. The zero-order chi connectivity index (χ0) is 28.3. The molecule has 3 saturated heterocycles. The molecule has 2 amide bonds. The standard InChI is InChI=1S/C28H27FN8O4.ClH/c29-23-7-17(37-12-19(41-27(37)40)11-36-6-5-33-34-36)2-3-20(23)16-1-4-25(32-9-16)28(15-30)21-13-35(14-22(21)28)26(39)24-8-18(38)10-31-24;/h1-7,9,18-19,21-22,24,31,38H,8,10-14H2;1H/t18-,19+,21?,22?,24+,28?;/m1./s1. The number of aliphatic hydroxyl groups is 1. The highest BCUT2D eigenvalue weighted by Crippen LogP contribution is 2.62. The molecule has 1 aromatic carbocycles.